The van der Waals surface area contributed by atoms with Gasteiger partial charge in [0.05, 0.1) is 12.2 Å². The second-order valence-electron chi connectivity index (χ2n) is 10.3. The first kappa shape index (κ1) is 25.8. The zero-order chi connectivity index (χ0) is 26.3. The van der Waals surface area contributed by atoms with Gasteiger partial charge in [0.2, 0.25) is 5.91 Å². The fourth-order valence-electron chi connectivity index (χ4n) is 5.30. The number of anilines is 2. The topological polar surface area (TPSA) is 74.2 Å². The predicted molar refractivity (Wildman–Crippen MR) is 154 cm³/mol. The molecule has 7 heteroatoms. The van der Waals surface area contributed by atoms with E-state index in [9.17, 15) is 4.79 Å². The van der Waals surface area contributed by atoms with Crippen molar-refractivity contribution in [2.75, 3.05) is 42.9 Å². The van der Waals surface area contributed by atoms with Crippen LogP contribution in [-0.4, -0.2) is 58.7 Å². The Hall–Kier alpha value is -3.84. The summed E-state index contributed by atoms with van der Waals surface area (Å²) in [7, 11) is 0. The Morgan fingerprint density at radius 2 is 1.53 bits per heavy atom. The molecule has 5 rings (SSSR count). The Labute approximate surface area is 224 Å². The van der Waals surface area contributed by atoms with E-state index in [0.717, 1.165) is 85.6 Å². The van der Waals surface area contributed by atoms with Crippen LogP contribution in [0.3, 0.4) is 0 Å². The normalized spacial score (nSPS) is 14.1. The van der Waals surface area contributed by atoms with Crippen LogP contribution in [0, 0.1) is 13.8 Å². The molecule has 1 aliphatic rings. The number of aryl methyl sites for hydroxylation is 4. The SMILES string of the molecule is Cc1cc(C)cc(NC(=O)CN2CCN(c3nnc(CCCCc4ccncc4)c4ccccc34)CC2)c1. The Kier molecular flexibility index (Phi) is 8.24. The molecule has 0 atom stereocenters. The smallest absolute Gasteiger partial charge is 0.238 e. The summed E-state index contributed by atoms with van der Waals surface area (Å²) >= 11 is 0. The maximum absolute atomic E-state index is 12.7. The Balaban J connectivity index is 1.17. The number of piperazine rings is 1. The molecule has 1 aliphatic heterocycles. The van der Waals surface area contributed by atoms with Crippen LogP contribution in [0.1, 0.15) is 35.2 Å². The molecule has 1 fully saturated rings. The largest absolute Gasteiger partial charge is 0.352 e. The van der Waals surface area contributed by atoms with Gasteiger partial charge in [0.15, 0.2) is 5.82 Å². The molecule has 0 unspecified atom stereocenters. The third-order valence-electron chi connectivity index (χ3n) is 7.17. The first-order valence-electron chi connectivity index (χ1n) is 13.5. The highest BCUT2D eigenvalue weighted by Crippen LogP contribution is 2.27. The van der Waals surface area contributed by atoms with Crippen LogP contribution < -0.4 is 10.2 Å². The number of hydrogen-bond donors (Lipinski definition) is 1. The molecule has 2 aromatic carbocycles. The minimum Gasteiger partial charge on any atom is -0.352 e. The number of nitrogens with zero attached hydrogens (tertiary/aromatic N) is 5. The van der Waals surface area contributed by atoms with Gasteiger partial charge in [-0.25, -0.2) is 0 Å². The van der Waals surface area contributed by atoms with Crippen LogP contribution in [-0.2, 0) is 17.6 Å². The highest BCUT2D eigenvalue weighted by molar-refractivity contribution is 5.94. The molecule has 1 saturated heterocycles. The summed E-state index contributed by atoms with van der Waals surface area (Å²) in [6.07, 6.45) is 7.87. The summed E-state index contributed by atoms with van der Waals surface area (Å²) in [5, 5.41) is 14.8. The van der Waals surface area contributed by atoms with E-state index < -0.39 is 0 Å². The van der Waals surface area contributed by atoms with Gasteiger partial charge in [-0.2, -0.15) is 5.10 Å². The van der Waals surface area contributed by atoms with E-state index in [1.54, 1.807) is 0 Å². The molecule has 196 valence electrons. The second kappa shape index (κ2) is 12.1. The van der Waals surface area contributed by atoms with Crippen molar-refractivity contribution in [1.29, 1.82) is 0 Å². The molecule has 4 aromatic rings. The van der Waals surface area contributed by atoms with Crippen LogP contribution in [0.4, 0.5) is 11.5 Å². The van der Waals surface area contributed by atoms with Crippen molar-refractivity contribution in [3.63, 3.8) is 0 Å². The van der Waals surface area contributed by atoms with Crippen molar-refractivity contribution in [2.45, 2.75) is 39.5 Å². The zero-order valence-electron chi connectivity index (χ0n) is 22.4. The summed E-state index contributed by atoms with van der Waals surface area (Å²) in [5.41, 5.74) is 5.57. The second-order valence-corrected chi connectivity index (χ2v) is 10.3. The van der Waals surface area contributed by atoms with Crippen LogP contribution in [0.2, 0.25) is 0 Å². The van der Waals surface area contributed by atoms with Gasteiger partial charge in [-0.15, -0.1) is 5.10 Å². The Bertz CT molecular complexity index is 1360. The first-order valence-corrected chi connectivity index (χ1v) is 13.5. The lowest BCUT2D eigenvalue weighted by Gasteiger charge is -2.35. The van der Waals surface area contributed by atoms with Gasteiger partial charge in [-0.3, -0.25) is 14.7 Å². The minimum atomic E-state index is 0.0296. The lowest BCUT2D eigenvalue weighted by molar-refractivity contribution is -0.117. The standard InChI is InChI=1S/C31H36N6O/c1-23-19-24(2)21-26(20-23)33-30(38)22-36-15-17-37(18-16-36)31-28-9-5-4-8-27(28)29(34-35-31)10-6-3-7-25-11-13-32-14-12-25/h4-5,8-9,11-14,19-21H,3,6-7,10,15-18,22H2,1-2H3,(H,33,38). The van der Waals surface area contributed by atoms with E-state index in [0.29, 0.717) is 6.54 Å². The van der Waals surface area contributed by atoms with Crippen LogP contribution in [0.25, 0.3) is 10.8 Å². The molecule has 0 saturated carbocycles. The molecule has 7 nitrogen and oxygen atoms in total. The number of rotatable bonds is 9. The summed E-state index contributed by atoms with van der Waals surface area (Å²) in [6.45, 7) is 7.75. The Morgan fingerprint density at radius 3 is 2.26 bits per heavy atom. The van der Waals surface area contributed by atoms with E-state index in [-0.39, 0.29) is 5.91 Å². The average Bonchev–Trinajstić information content (AvgIpc) is 2.91. The molecule has 3 heterocycles. The van der Waals surface area contributed by atoms with Crippen LogP contribution in [0.15, 0.2) is 67.0 Å². The average molecular weight is 509 g/mol. The number of amides is 1. The third kappa shape index (κ3) is 6.53. The number of carbonyl (C=O) groups is 1. The van der Waals surface area contributed by atoms with Gasteiger partial charge in [-0.1, -0.05) is 30.3 Å². The highest BCUT2D eigenvalue weighted by atomic mass is 16.2. The lowest BCUT2D eigenvalue weighted by Crippen LogP contribution is -2.49. The molecule has 0 bridgehead atoms. The van der Waals surface area contributed by atoms with Crippen molar-refractivity contribution in [3.05, 3.63) is 89.4 Å². The van der Waals surface area contributed by atoms with Gasteiger partial charge in [0, 0.05) is 55.0 Å². The quantitative estimate of drug-likeness (QED) is 0.322. The fraction of sp³-hybridized carbons (Fsp3) is 0.355. The summed E-state index contributed by atoms with van der Waals surface area (Å²) in [6, 6.07) is 18.8. The maximum Gasteiger partial charge on any atom is 0.238 e. The molecule has 2 aromatic heterocycles. The zero-order valence-corrected chi connectivity index (χ0v) is 22.4. The van der Waals surface area contributed by atoms with Crippen molar-refractivity contribution in [3.8, 4) is 0 Å². The lowest BCUT2D eigenvalue weighted by atomic mass is 10.0. The number of pyridine rings is 1. The van der Waals surface area contributed by atoms with E-state index in [4.69, 9.17) is 5.10 Å². The van der Waals surface area contributed by atoms with Crippen LogP contribution in [0.5, 0.6) is 0 Å². The van der Waals surface area contributed by atoms with Gasteiger partial charge in [0.1, 0.15) is 0 Å². The van der Waals surface area contributed by atoms with Crippen molar-refractivity contribution < 1.29 is 4.79 Å². The Morgan fingerprint density at radius 1 is 0.842 bits per heavy atom. The maximum atomic E-state index is 12.7. The minimum absolute atomic E-state index is 0.0296. The molecular weight excluding hydrogens is 472 g/mol. The molecule has 1 amide bonds. The first-order chi connectivity index (χ1) is 18.5. The molecular formula is C31H36N6O. The number of aromatic nitrogens is 3. The van der Waals surface area contributed by atoms with Crippen molar-refractivity contribution >= 4 is 28.2 Å². The molecule has 0 aliphatic carbocycles. The molecule has 38 heavy (non-hydrogen) atoms. The number of benzene rings is 2. The monoisotopic (exact) mass is 508 g/mol. The van der Waals surface area contributed by atoms with E-state index >= 15 is 0 Å². The van der Waals surface area contributed by atoms with Crippen LogP contribution >= 0.6 is 0 Å². The van der Waals surface area contributed by atoms with Gasteiger partial charge in [-0.05, 0) is 80.5 Å². The third-order valence-corrected chi connectivity index (χ3v) is 7.17. The van der Waals surface area contributed by atoms with Gasteiger partial charge in [0.25, 0.3) is 0 Å². The van der Waals surface area contributed by atoms with E-state index in [2.05, 4.69) is 67.7 Å². The molecule has 1 N–H and O–H groups in total. The van der Waals surface area contributed by atoms with Crippen molar-refractivity contribution in [1.82, 2.24) is 20.1 Å². The summed E-state index contributed by atoms with van der Waals surface area (Å²) < 4.78 is 0. The van der Waals surface area contributed by atoms with Crippen molar-refractivity contribution in [2.24, 2.45) is 0 Å². The van der Waals surface area contributed by atoms with Gasteiger partial charge >= 0.3 is 0 Å². The molecule has 0 spiro atoms. The molecule has 0 radical (unpaired) electrons. The summed E-state index contributed by atoms with van der Waals surface area (Å²) in [5.74, 6) is 0.974. The number of unbranched alkanes of at least 4 members (excludes halogenated alkanes) is 1. The number of hydrogen-bond acceptors (Lipinski definition) is 6. The summed E-state index contributed by atoms with van der Waals surface area (Å²) in [4.78, 5) is 21.3. The van der Waals surface area contributed by atoms with E-state index in [1.165, 1.54) is 10.9 Å². The number of fused-ring (bicyclic) bond motifs is 1. The van der Waals surface area contributed by atoms with Gasteiger partial charge < -0.3 is 10.2 Å². The highest BCUT2D eigenvalue weighted by Gasteiger charge is 2.22. The predicted octanol–water partition coefficient (Wildman–Crippen LogP) is 4.97. The number of carbonyl (C=O) groups excluding carboxylic acids is 1. The van der Waals surface area contributed by atoms with E-state index in [1.807, 2.05) is 38.4 Å². The number of nitrogens with one attached hydrogen (secondary N) is 1. The fourth-order valence-corrected chi connectivity index (χ4v) is 5.30.